The Kier molecular flexibility index (Phi) is 2.44. The summed E-state index contributed by atoms with van der Waals surface area (Å²) in [5.74, 6) is 0.526. The molecular formula is C10H13N5O3. The molecule has 3 aliphatic heterocycles. The maximum atomic E-state index is 10.9. The number of hydrogen-bond acceptors (Lipinski definition) is 7. The lowest BCUT2D eigenvalue weighted by atomic mass is 10.1. The molecule has 8 heteroatoms. The van der Waals surface area contributed by atoms with Gasteiger partial charge in [0.25, 0.3) is 0 Å². The number of hydroxylamine groups is 2. The second-order valence-electron chi connectivity index (χ2n) is 4.37. The minimum absolute atomic E-state index is 0.0920. The quantitative estimate of drug-likeness (QED) is 0.519. The maximum Gasteiger partial charge on any atom is 0.360 e. The van der Waals surface area contributed by atoms with Crippen LogP contribution in [-0.4, -0.2) is 39.5 Å². The molecule has 0 aromatic rings. The van der Waals surface area contributed by atoms with Crippen LogP contribution < -0.4 is 5.73 Å². The average Bonchev–Trinajstić information content (AvgIpc) is 2.93. The number of oxime groups is 1. The van der Waals surface area contributed by atoms with Crippen LogP contribution in [0.1, 0.15) is 12.8 Å². The van der Waals surface area contributed by atoms with Crippen LogP contribution in [0.2, 0.25) is 0 Å². The van der Waals surface area contributed by atoms with E-state index in [0.29, 0.717) is 5.84 Å². The molecule has 0 amide bonds. The van der Waals surface area contributed by atoms with E-state index >= 15 is 0 Å². The number of nitrogens with two attached hydrogens (primary N) is 1. The number of hydrogen-bond donors (Lipinski definition) is 1. The summed E-state index contributed by atoms with van der Waals surface area (Å²) in [5, 5.41) is 16.0. The molecule has 2 N–H and O–H groups in total. The highest BCUT2D eigenvalue weighted by molar-refractivity contribution is 5.90. The van der Waals surface area contributed by atoms with Gasteiger partial charge in [0, 0.05) is 12.6 Å². The Balaban J connectivity index is 1.84. The SMILES string of the molecule is NC1CCCN1C1=NON2C([N+](=O)[O-])=CC=CC12. The third kappa shape index (κ3) is 1.53. The van der Waals surface area contributed by atoms with Gasteiger partial charge in [-0.1, -0.05) is 6.08 Å². The van der Waals surface area contributed by atoms with E-state index in [2.05, 4.69) is 5.16 Å². The molecule has 96 valence electrons. The van der Waals surface area contributed by atoms with Crippen molar-refractivity contribution in [1.29, 1.82) is 0 Å². The first kappa shape index (κ1) is 11.0. The van der Waals surface area contributed by atoms with Crippen molar-refractivity contribution in [2.75, 3.05) is 6.54 Å². The first-order valence-corrected chi connectivity index (χ1v) is 5.78. The number of likely N-dealkylation sites (tertiary alicyclic amines) is 1. The van der Waals surface area contributed by atoms with Gasteiger partial charge in [0.15, 0.2) is 0 Å². The van der Waals surface area contributed by atoms with Crippen molar-refractivity contribution in [3.05, 3.63) is 34.2 Å². The normalized spacial score (nSPS) is 29.8. The highest BCUT2D eigenvalue weighted by Gasteiger charge is 2.46. The van der Waals surface area contributed by atoms with Gasteiger partial charge in [-0.3, -0.25) is 0 Å². The third-order valence-corrected chi connectivity index (χ3v) is 3.28. The minimum Gasteiger partial charge on any atom is -0.358 e. The molecular weight excluding hydrogens is 238 g/mol. The number of fused-ring (bicyclic) bond motifs is 1. The van der Waals surface area contributed by atoms with E-state index in [1.165, 1.54) is 11.1 Å². The first-order chi connectivity index (χ1) is 8.68. The molecule has 3 aliphatic rings. The zero-order chi connectivity index (χ0) is 12.7. The van der Waals surface area contributed by atoms with Crippen LogP contribution in [0.15, 0.2) is 29.2 Å². The van der Waals surface area contributed by atoms with Crippen molar-refractivity contribution in [3.63, 3.8) is 0 Å². The maximum absolute atomic E-state index is 10.9. The van der Waals surface area contributed by atoms with Crippen molar-refractivity contribution in [3.8, 4) is 0 Å². The lowest BCUT2D eigenvalue weighted by molar-refractivity contribution is -0.468. The van der Waals surface area contributed by atoms with Crippen LogP contribution in [0.4, 0.5) is 0 Å². The second-order valence-corrected chi connectivity index (χ2v) is 4.37. The van der Waals surface area contributed by atoms with E-state index in [1.807, 2.05) is 11.0 Å². The summed E-state index contributed by atoms with van der Waals surface area (Å²) in [6, 6.07) is -0.362. The van der Waals surface area contributed by atoms with E-state index in [1.54, 1.807) is 6.08 Å². The molecule has 0 saturated carbocycles. The number of amidine groups is 1. The molecule has 0 spiro atoms. The van der Waals surface area contributed by atoms with Gasteiger partial charge in [0.05, 0.1) is 6.17 Å². The van der Waals surface area contributed by atoms with E-state index in [9.17, 15) is 10.1 Å². The molecule has 0 aliphatic carbocycles. The van der Waals surface area contributed by atoms with E-state index in [0.717, 1.165) is 19.4 Å². The highest BCUT2D eigenvalue weighted by atomic mass is 16.8. The van der Waals surface area contributed by atoms with Gasteiger partial charge < -0.3 is 20.7 Å². The molecule has 8 nitrogen and oxygen atoms in total. The van der Waals surface area contributed by atoms with Crippen molar-refractivity contribution in [2.45, 2.75) is 25.0 Å². The predicted molar refractivity (Wildman–Crippen MR) is 62.3 cm³/mol. The average molecular weight is 251 g/mol. The van der Waals surface area contributed by atoms with Crippen LogP contribution in [-0.2, 0) is 4.94 Å². The Hall–Kier alpha value is -2.09. The Morgan fingerprint density at radius 2 is 2.44 bits per heavy atom. The summed E-state index contributed by atoms with van der Waals surface area (Å²) in [5.41, 5.74) is 5.97. The van der Waals surface area contributed by atoms with Crippen LogP contribution in [0, 0.1) is 10.1 Å². The molecule has 0 aromatic carbocycles. The van der Waals surface area contributed by atoms with Gasteiger partial charge in [-0.2, -0.15) is 4.94 Å². The fraction of sp³-hybridized carbons (Fsp3) is 0.500. The first-order valence-electron chi connectivity index (χ1n) is 5.78. The van der Waals surface area contributed by atoms with Crippen LogP contribution >= 0.6 is 0 Å². The van der Waals surface area contributed by atoms with Crippen LogP contribution in [0.3, 0.4) is 0 Å². The van der Waals surface area contributed by atoms with E-state index in [4.69, 9.17) is 10.7 Å². The topological polar surface area (TPSA) is 97.2 Å². The number of nitro groups is 1. The Labute approximate surface area is 103 Å². The van der Waals surface area contributed by atoms with Gasteiger partial charge in [-0.25, -0.2) is 0 Å². The molecule has 0 radical (unpaired) electrons. The molecule has 2 unspecified atom stereocenters. The van der Waals surface area contributed by atoms with Crippen LogP contribution in [0.25, 0.3) is 0 Å². The van der Waals surface area contributed by atoms with Crippen molar-refractivity contribution in [1.82, 2.24) is 9.96 Å². The molecule has 3 heterocycles. The second kappa shape index (κ2) is 3.98. The molecule has 3 rings (SSSR count). The standard InChI is InChI=1S/C10H13N5O3/c11-8-4-2-6-13(8)10-7-3-1-5-9(15(16)17)14(7)18-12-10/h1,3,5,7-8H,2,4,6,11H2. The number of nitrogens with zero attached hydrogens (tertiary/aromatic N) is 4. The Morgan fingerprint density at radius 1 is 1.61 bits per heavy atom. The predicted octanol–water partition coefficient (Wildman–Crippen LogP) is -0.0158. The van der Waals surface area contributed by atoms with Crippen LogP contribution in [0.5, 0.6) is 0 Å². The zero-order valence-corrected chi connectivity index (χ0v) is 9.60. The molecule has 2 atom stereocenters. The molecule has 18 heavy (non-hydrogen) atoms. The molecule has 0 bridgehead atoms. The highest BCUT2D eigenvalue weighted by Crippen LogP contribution is 2.27. The fourth-order valence-electron chi connectivity index (χ4n) is 2.40. The number of rotatable bonds is 1. The third-order valence-electron chi connectivity index (χ3n) is 3.28. The van der Waals surface area contributed by atoms with Crippen molar-refractivity contribution >= 4 is 5.84 Å². The summed E-state index contributed by atoms with van der Waals surface area (Å²) < 4.78 is 0. The summed E-state index contributed by atoms with van der Waals surface area (Å²) >= 11 is 0. The summed E-state index contributed by atoms with van der Waals surface area (Å²) in [7, 11) is 0. The molecule has 1 fully saturated rings. The fourth-order valence-corrected chi connectivity index (χ4v) is 2.40. The summed E-state index contributed by atoms with van der Waals surface area (Å²) in [6.07, 6.45) is 6.64. The molecule has 0 aromatic heterocycles. The number of allylic oxidation sites excluding steroid dienone is 2. The van der Waals surface area contributed by atoms with Gasteiger partial charge in [-0.15, -0.1) is 0 Å². The van der Waals surface area contributed by atoms with E-state index < -0.39 is 4.92 Å². The Morgan fingerprint density at radius 3 is 3.11 bits per heavy atom. The van der Waals surface area contributed by atoms with Crippen molar-refractivity contribution in [2.24, 2.45) is 10.9 Å². The lowest BCUT2D eigenvalue weighted by Gasteiger charge is -2.25. The van der Waals surface area contributed by atoms with E-state index in [-0.39, 0.29) is 18.0 Å². The van der Waals surface area contributed by atoms with Gasteiger partial charge in [0.2, 0.25) is 11.9 Å². The van der Waals surface area contributed by atoms with Gasteiger partial charge >= 0.3 is 5.82 Å². The van der Waals surface area contributed by atoms with Gasteiger partial charge in [0.1, 0.15) is 0 Å². The largest absolute Gasteiger partial charge is 0.360 e. The smallest absolute Gasteiger partial charge is 0.358 e. The van der Waals surface area contributed by atoms with Crippen molar-refractivity contribution < 1.29 is 9.86 Å². The summed E-state index contributed by atoms with van der Waals surface area (Å²) in [4.78, 5) is 17.4. The monoisotopic (exact) mass is 251 g/mol. The zero-order valence-electron chi connectivity index (χ0n) is 9.60. The minimum atomic E-state index is -0.487. The Bertz CT molecular complexity index is 472. The van der Waals surface area contributed by atoms with Gasteiger partial charge in [-0.05, 0) is 34.1 Å². The summed E-state index contributed by atoms with van der Waals surface area (Å²) in [6.45, 7) is 0.805. The lowest BCUT2D eigenvalue weighted by Crippen LogP contribution is -2.48. The molecule has 1 saturated heterocycles.